The molecule has 1 aliphatic heterocycles. The molecule has 1 aromatic carbocycles. The lowest BCUT2D eigenvalue weighted by Gasteiger charge is -2.23. The molecule has 2 aliphatic rings. The number of rotatable bonds is 6. The first kappa shape index (κ1) is 16.8. The van der Waals surface area contributed by atoms with Crippen LogP contribution in [0.1, 0.15) is 29.6 Å². The van der Waals surface area contributed by atoms with Crippen LogP contribution in [0.3, 0.4) is 0 Å². The fourth-order valence-corrected chi connectivity index (χ4v) is 3.97. The largest absolute Gasteiger partial charge is 0.490 e. The lowest BCUT2D eigenvalue weighted by molar-refractivity contribution is -0.149. The van der Waals surface area contributed by atoms with Crippen LogP contribution >= 0.6 is 0 Å². The molecule has 0 bridgehead atoms. The smallest absolute Gasteiger partial charge is 0.311 e. The first-order valence-electron chi connectivity index (χ1n) is 8.32. The Morgan fingerprint density at radius 3 is 2.83 bits per heavy atom. The van der Waals surface area contributed by atoms with E-state index in [1.165, 1.54) is 0 Å². The molecule has 0 spiro atoms. The van der Waals surface area contributed by atoms with Gasteiger partial charge in [0, 0.05) is 20.2 Å². The van der Waals surface area contributed by atoms with Crippen molar-refractivity contribution in [2.24, 2.45) is 11.3 Å². The van der Waals surface area contributed by atoms with Gasteiger partial charge in [0.05, 0.1) is 17.6 Å². The quantitative estimate of drug-likeness (QED) is 0.806. The van der Waals surface area contributed by atoms with Crippen LogP contribution in [0.2, 0.25) is 0 Å². The van der Waals surface area contributed by atoms with Crippen LogP contribution in [-0.4, -0.2) is 55.3 Å². The third-order valence-electron chi connectivity index (χ3n) is 5.25. The monoisotopic (exact) mass is 333 g/mol. The fraction of sp³-hybridized carbons (Fsp3) is 0.556. The minimum absolute atomic E-state index is 0.0560. The molecule has 2 fully saturated rings. The fourth-order valence-electron chi connectivity index (χ4n) is 3.97. The van der Waals surface area contributed by atoms with Gasteiger partial charge in [0.1, 0.15) is 12.4 Å². The molecular formula is C18H23NO5. The van der Waals surface area contributed by atoms with Crippen molar-refractivity contribution >= 4 is 11.9 Å². The molecule has 3 rings (SSSR count). The third kappa shape index (κ3) is 2.86. The lowest BCUT2D eigenvalue weighted by atomic mass is 9.81. The van der Waals surface area contributed by atoms with E-state index in [1.54, 1.807) is 30.2 Å². The number of methoxy groups -OCH3 is 1. The van der Waals surface area contributed by atoms with Gasteiger partial charge in [-0.3, -0.25) is 9.59 Å². The summed E-state index contributed by atoms with van der Waals surface area (Å²) in [5.74, 6) is -0.357. The van der Waals surface area contributed by atoms with Crippen molar-refractivity contribution in [3.05, 3.63) is 29.8 Å². The average molecular weight is 333 g/mol. The standard InChI is InChI=1S/C18H23NO5/c1-23-9-10-24-15-7-3-2-6-14(15)16(20)19-11-13-5-4-8-18(13,12-19)17(21)22/h2-3,6-7,13H,4-5,8-12H2,1H3,(H,21,22)/t13-,18+/m0/s1. The molecule has 0 radical (unpaired) electrons. The van der Waals surface area contributed by atoms with E-state index in [9.17, 15) is 14.7 Å². The van der Waals surface area contributed by atoms with Crippen LogP contribution < -0.4 is 4.74 Å². The van der Waals surface area contributed by atoms with E-state index in [0.717, 1.165) is 12.8 Å². The molecule has 1 saturated carbocycles. The van der Waals surface area contributed by atoms with Crippen molar-refractivity contribution in [3.63, 3.8) is 0 Å². The van der Waals surface area contributed by atoms with Gasteiger partial charge in [-0.05, 0) is 30.9 Å². The SMILES string of the molecule is COCCOc1ccccc1C(=O)N1C[C@@H]2CCC[C@@]2(C(=O)O)C1. The van der Waals surface area contributed by atoms with Crippen LogP contribution in [0.4, 0.5) is 0 Å². The summed E-state index contributed by atoms with van der Waals surface area (Å²) in [5.41, 5.74) is -0.282. The summed E-state index contributed by atoms with van der Waals surface area (Å²) in [5, 5.41) is 9.67. The molecule has 24 heavy (non-hydrogen) atoms. The van der Waals surface area contributed by atoms with Crippen LogP contribution in [0.15, 0.2) is 24.3 Å². The number of carbonyl (C=O) groups excluding carboxylic acids is 1. The second-order valence-corrected chi connectivity index (χ2v) is 6.57. The Labute approximate surface area is 141 Å². The zero-order valence-electron chi connectivity index (χ0n) is 13.9. The predicted molar refractivity (Wildman–Crippen MR) is 87.1 cm³/mol. The third-order valence-corrected chi connectivity index (χ3v) is 5.25. The average Bonchev–Trinajstić information content (AvgIpc) is 3.13. The summed E-state index contributed by atoms with van der Waals surface area (Å²) < 4.78 is 10.6. The van der Waals surface area contributed by atoms with Crippen molar-refractivity contribution in [1.82, 2.24) is 4.90 Å². The van der Waals surface area contributed by atoms with Gasteiger partial charge in [0.2, 0.25) is 0 Å². The van der Waals surface area contributed by atoms with Gasteiger partial charge in [-0.25, -0.2) is 0 Å². The molecule has 0 unspecified atom stereocenters. The number of aliphatic carboxylic acids is 1. The molecule has 0 aromatic heterocycles. The summed E-state index contributed by atoms with van der Waals surface area (Å²) in [6.07, 6.45) is 2.46. The lowest BCUT2D eigenvalue weighted by Crippen LogP contribution is -2.37. The second kappa shape index (κ2) is 6.81. The number of fused-ring (bicyclic) bond motifs is 1. The number of carbonyl (C=O) groups is 2. The molecule has 1 amide bonds. The maximum atomic E-state index is 12.9. The first-order valence-corrected chi connectivity index (χ1v) is 8.32. The van der Waals surface area contributed by atoms with Crippen molar-refractivity contribution in [2.45, 2.75) is 19.3 Å². The van der Waals surface area contributed by atoms with Gasteiger partial charge in [-0.2, -0.15) is 0 Å². The molecule has 6 nitrogen and oxygen atoms in total. The summed E-state index contributed by atoms with van der Waals surface area (Å²) in [6.45, 7) is 1.61. The van der Waals surface area contributed by atoms with E-state index in [4.69, 9.17) is 9.47 Å². The van der Waals surface area contributed by atoms with Crippen LogP contribution in [0, 0.1) is 11.3 Å². The summed E-state index contributed by atoms with van der Waals surface area (Å²) in [7, 11) is 1.59. The van der Waals surface area contributed by atoms with Crippen molar-refractivity contribution in [1.29, 1.82) is 0 Å². The number of ether oxygens (including phenoxy) is 2. The first-order chi connectivity index (χ1) is 11.6. The van der Waals surface area contributed by atoms with E-state index < -0.39 is 11.4 Å². The van der Waals surface area contributed by atoms with E-state index in [0.29, 0.717) is 37.5 Å². The Morgan fingerprint density at radius 1 is 1.33 bits per heavy atom. The highest BCUT2D eigenvalue weighted by molar-refractivity contribution is 5.97. The predicted octanol–water partition coefficient (Wildman–Crippen LogP) is 2.04. The highest BCUT2D eigenvalue weighted by atomic mass is 16.5. The van der Waals surface area contributed by atoms with E-state index in [1.807, 2.05) is 6.07 Å². The van der Waals surface area contributed by atoms with E-state index in [-0.39, 0.29) is 18.4 Å². The molecular weight excluding hydrogens is 310 g/mol. The molecule has 1 aliphatic carbocycles. The molecule has 6 heteroatoms. The maximum Gasteiger partial charge on any atom is 0.311 e. The van der Waals surface area contributed by atoms with Gasteiger partial charge in [0.25, 0.3) is 5.91 Å². The van der Waals surface area contributed by atoms with Crippen molar-refractivity contribution in [3.8, 4) is 5.75 Å². The van der Waals surface area contributed by atoms with Gasteiger partial charge in [-0.15, -0.1) is 0 Å². The number of likely N-dealkylation sites (tertiary alicyclic amines) is 1. The number of hydrogen-bond acceptors (Lipinski definition) is 4. The van der Waals surface area contributed by atoms with Gasteiger partial charge in [-0.1, -0.05) is 18.6 Å². The summed E-state index contributed by atoms with van der Waals surface area (Å²) in [6, 6.07) is 7.09. The van der Waals surface area contributed by atoms with Gasteiger partial charge >= 0.3 is 5.97 Å². The summed E-state index contributed by atoms with van der Waals surface area (Å²) in [4.78, 5) is 26.4. The van der Waals surface area contributed by atoms with Crippen LogP contribution in [0.5, 0.6) is 5.75 Å². The van der Waals surface area contributed by atoms with Gasteiger partial charge < -0.3 is 19.5 Å². The molecule has 1 aromatic rings. The molecule has 1 saturated heterocycles. The molecule has 1 heterocycles. The number of benzene rings is 1. The number of para-hydroxylation sites is 1. The number of nitrogens with zero attached hydrogens (tertiary/aromatic N) is 1. The maximum absolute atomic E-state index is 12.9. The normalized spacial score (nSPS) is 25.5. The minimum Gasteiger partial charge on any atom is -0.490 e. The zero-order chi connectivity index (χ0) is 17.2. The Hall–Kier alpha value is -2.08. The molecule has 1 N–H and O–H groups in total. The van der Waals surface area contributed by atoms with Crippen molar-refractivity contribution in [2.75, 3.05) is 33.4 Å². The van der Waals surface area contributed by atoms with Crippen molar-refractivity contribution < 1.29 is 24.2 Å². The molecule has 130 valence electrons. The molecule has 2 atom stereocenters. The van der Waals surface area contributed by atoms with E-state index in [2.05, 4.69) is 0 Å². The van der Waals surface area contributed by atoms with E-state index >= 15 is 0 Å². The highest BCUT2D eigenvalue weighted by Gasteiger charge is 2.55. The summed E-state index contributed by atoms with van der Waals surface area (Å²) >= 11 is 0. The topological polar surface area (TPSA) is 76.1 Å². The Morgan fingerprint density at radius 2 is 2.12 bits per heavy atom. The number of carboxylic acid groups (broad SMARTS) is 1. The minimum atomic E-state index is -0.773. The Balaban J connectivity index is 1.77. The second-order valence-electron chi connectivity index (χ2n) is 6.57. The zero-order valence-corrected chi connectivity index (χ0v) is 13.9. The Bertz CT molecular complexity index is 632. The number of amides is 1. The van der Waals surface area contributed by atoms with Crippen LogP contribution in [-0.2, 0) is 9.53 Å². The number of carboxylic acids is 1. The van der Waals surface area contributed by atoms with Gasteiger partial charge in [0.15, 0.2) is 0 Å². The van der Waals surface area contributed by atoms with Crippen LogP contribution in [0.25, 0.3) is 0 Å². The highest BCUT2D eigenvalue weighted by Crippen LogP contribution is 2.49. The number of hydrogen-bond donors (Lipinski definition) is 1. The Kier molecular flexibility index (Phi) is 4.76.